The van der Waals surface area contributed by atoms with Gasteiger partial charge < -0.3 is 18.9 Å². The van der Waals surface area contributed by atoms with E-state index in [1.54, 1.807) is 19.2 Å². The molecule has 7 heteroatoms. The van der Waals surface area contributed by atoms with Crippen molar-refractivity contribution in [2.24, 2.45) is 0 Å². The summed E-state index contributed by atoms with van der Waals surface area (Å²) in [4.78, 5) is 38.6. The van der Waals surface area contributed by atoms with Crippen LogP contribution in [0.4, 0.5) is 0 Å². The van der Waals surface area contributed by atoms with Crippen LogP contribution in [0.2, 0.25) is 0 Å². The summed E-state index contributed by atoms with van der Waals surface area (Å²) >= 11 is 0. The predicted octanol–water partition coefficient (Wildman–Crippen LogP) is 3.47. The minimum Gasteiger partial charge on any atom is -0.454 e. The zero-order chi connectivity index (χ0) is 22.5. The fourth-order valence-corrected chi connectivity index (χ4v) is 4.18. The number of likely N-dealkylation sites (tertiary alicyclic amines) is 1. The topological polar surface area (TPSA) is 77.8 Å². The largest absolute Gasteiger partial charge is 0.454 e. The van der Waals surface area contributed by atoms with E-state index in [9.17, 15) is 14.4 Å². The highest BCUT2D eigenvalue weighted by molar-refractivity contribution is 6.00. The van der Waals surface area contributed by atoms with Crippen LogP contribution >= 0.6 is 0 Å². The first kappa shape index (κ1) is 22.7. The number of aromatic nitrogens is 1. The van der Waals surface area contributed by atoms with Crippen LogP contribution in [0.25, 0.3) is 0 Å². The van der Waals surface area contributed by atoms with E-state index in [2.05, 4.69) is 4.57 Å². The molecule has 1 amide bonds. The van der Waals surface area contributed by atoms with Gasteiger partial charge in [-0.2, -0.15) is 0 Å². The summed E-state index contributed by atoms with van der Waals surface area (Å²) in [7, 11) is 1.65. The van der Waals surface area contributed by atoms with Crippen molar-refractivity contribution in [3.8, 4) is 0 Å². The second kappa shape index (κ2) is 9.92. The average molecular weight is 427 g/mol. The zero-order valence-corrected chi connectivity index (χ0v) is 18.6. The van der Waals surface area contributed by atoms with E-state index in [-0.39, 0.29) is 24.3 Å². The first-order valence-electron chi connectivity index (χ1n) is 10.6. The van der Waals surface area contributed by atoms with Crippen LogP contribution in [0, 0.1) is 13.8 Å². The highest BCUT2D eigenvalue weighted by Gasteiger charge is 2.21. The number of carbonyl (C=O) groups excluding carboxylic acids is 3. The lowest BCUT2D eigenvalue weighted by Gasteiger charge is -2.17. The molecule has 0 aliphatic carbocycles. The van der Waals surface area contributed by atoms with Crippen molar-refractivity contribution >= 4 is 17.7 Å². The maximum atomic E-state index is 12.7. The number of aryl methyl sites for hydroxylation is 1. The van der Waals surface area contributed by atoms with Gasteiger partial charge in [-0.25, -0.2) is 4.79 Å². The normalized spacial score (nSPS) is 14.7. The SMILES string of the molecule is COC[C@@H](C)n1c(C)cc(C(=O)COC(=O)c2ccc(CN3CCCC3=O)cc2)c1C. The van der Waals surface area contributed by atoms with Gasteiger partial charge in [0.1, 0.15) is 0 Å². The third kappa shape index (κ3) is 5.22. The Labute approximate surface area is 182 Å². The number of esters is 1. The van der Waals surface area contributed by atoms with Gasteiger partial charge in [-0.3, -0.25) is 9.59 Å². The Balaban J connectivity index is 1.58. The summed E-state index contributed by atoms with van der Waals surface area (Å²) in [6.07, 6.45) is 1.50. The van der Waals surface area contributed by atoms with Crippen molar-refractivity contribution < 1.29 is 23.9 Å². The quantitative estimate of drug-likeness (QED) is 0.453. The second-order valence-electron chi connectivity index (χ2n) is 8.07. The lowest BCUT2D eigenvalue weighted by molar-refractivity contribution is -0.128. The molecule has 2 heterocycles. The molecular weight excluding hydrogens is 396 g/mol. The van der Waals surface area contributed by atoms with Crippen LogP contribution in [-0.2, 0) is 20.8 Å². The number of methoxy groups -OCH3 is 1. The fraction of sp³-hybridized carbons (Fsp3) is 0.458. The summed E-state index contributed by atoms with van der Waals surface area (Å²) in [5, 5.41) is 0. The maximum absolute atomic E-state index is 12.7. The molecule has 0 N–H and O–H groups in total. The molecule has 1 aromatic heterocycles. The Hall–Kier alpha value is -2.93. The summed E-state index contributed by atoms with van der Waals surface area (Å²) in [5.41, 5.74) is 3.69. The minimum absolute atomic E-state index is 0.100. The van der Waals surface area contributed by atoms with Gasteiger partial charge in [0.2, 0.25) is 11.7 Å². The first-order chi connectivity index (χ1) is 14.8. The van der Waals surface area contributed by atoms with Crippen molar-refractivity contribution in [1.82, 2.24) is 9.47 Å². The molecule has 1 saturated heterocycles. The van der Waals surface area contributed by atoms with Crippen molar-refractivity contribution in [3.05, 3.63) is 58.4 Å². The smallest absolute Gasteiger partial charge is 0.338 e. The third-order valence-corrected chi connectivity index (χ3v) is 5.70. The molecule has 7 nitrogen and oxygen atoms in total. The van der Waals surface area contributed by atoms with Crippen LogP contribution in [0.1, 0.15) is 63.5 Å². The number of ketones is 1. The van der Waals surface area contributed by atoms with Crippen molar-refractivity contribution in [2.75, 3.05) is 26.9 Å². The molecule has 0 saturated carbocycles. The molecule has 0 unspecified atom stereocenters. The molecule has 3 rings (SSSR count). The Bertz CT molecular complexity index is 961. The first-order valence-corrected chi connectivity index (χ1v) is 10.6. The lowest BCUT2D eigenvalue weighted by Crippen LogP contribution is -2.23. The van der Waals surface area contributed by atoms with Gasteiger partial charge in [0.15, 0.2) is 6.61 Å². The van der Waals surface area contributed by atoms with E-state index in [1.165, 1.54) is 0 Å². The van der Waals surface area contributed by atoms with E-state index in [0.717, 1.165) is 29.9 Å². The van der Waals surface area contributed by atoms with Gasteiger partial charge in [-0.1, -0.05) is 12.1 Å². The van der Waals surface area contributed by atoms with Gasteiger partial charge in [-0.05, 0) is 51.0 Å². The molecule has 0 bridgehead atoms. The second-order valence-corrected chi connectivity index (χ2v) is 8.07. The summed E-state index contributed by atoms with van der Waals surface area (Å²) in [6.45, 7) is 7.41. The number of rotatable bonds is 9. The Morgan fingerprint density at radius 2 is 1.87 bits per heavy atom. The number of nitrogens with zero attached hydrogens (tertiary/aromatic N) is 2. The van der Waals surface area contributed by atoms with Crippen molar-refractivity contribution in [1.29, 1.82) is 0 Å². The molecule has 166 valence electrons. The molecule has 1 fully saturated rings. The average Bonchev–Trinajstić information content (AvgIpc) is 3.28. The van der Waals surface area contributed by atoms with E-state index in [0.29, 0.717) is 30.7 Å². The number of benzene rings is 1. The van der Waals surface area contributed by atoms with Gasteiger partial charge in [0, 0.05) is 43.6 Å². The van der Waals surface area contributed by atoms with Crippen LogP contribution in [-0.4, -0.2) is 54.0 Å². The number of amides is 1. The molecular formula is C24H30N2O5. The summed E-state index contributed by atoms with van der Waals surface area (Å²) in [5.74, 6) is -0.613. The van der Waals surface area contributed by atoms with Crippen LogP contribution in [0.5, 0.6) is 0 Å². The van der Waals surface area contributed by atoms with E-state index < -0.39 is 5.97 Å². The van der Waals surface area contributed by atoms with Gasteiger partial charge >= 0.3 is 5.97 Å². The molecule has 2 aromatic rings. The number of Topliss-reactive ketones (excluding diaryl/α,β-unsaturated/α-hetero) is 1. The third-order valence-electron chi connectivity index (χ3n) is 5.70. The van der Waals surface area contributed by atoms with Crippen molar-refractivity contribution in [3.63, 3.8) is 0 Å². The predicted molar refractivity (Wildman–Crippen MR) is 116 cm³/mol. The standard InChI is InChI=1S/C24H30N2O5/c1-16-12-21(18(3)26(16)17(2)14-30-4)22(27)15-31-24(29)20-9-7-19(8-10-20)13-25-11-5-6-23(25)28/h7-10,12,17H,5-6,11,13-15H2,1-4H3/t17-/m1/s1. The molecule has 1 aliphatic heterocycles. The number of hydrogen-bond donors (Lipinski definition) is 0. The highest BCUT2D eigenvalue weighted by Crippen LogP contribution is 2.21. The minimum atomic E-state index is -0.543. The molecule has 0 radical (unpaired) electrons. The monoisotopic (exact) mass is 426 g/mol. The fourth-order valence-electron chi connectivity index (χ4n) is 4.18. The molecule has 1 aliphatic rings. The van der Waals surface area contributed by atoms with Crippen molar-refractivity contribution in [2.45, 2.75) is 46.2 Å². The molecule has 0 spiro atoms. The van der Waals surface area contributed by atoms with Gasteiger partial charge in [0.25, 0.3) is 0 Å². The summed E-state index contributed by atoms with van der Waals surface area (Å²) in [6, 6.07) is 8.89. The Kier molecular flexibility index (Phi) is 7.28. The van der Waals surface area contributed by atoms with Crippen LogP contribution in [0.3, 0.4) is 0 Å². The lowest BCUT2D eigenvalue weighted by atomic mass is 10.1. The number of hydrogen-bond acceptors (Lipinski definition) is 5. The van der Waals surface area contributed by atoms with Crippen LogP contribution in [0.15, 0.2) is 30.3 Å². The van der Waals surface area contributed by atoms with E-state index >= 15 is 0 Å². The van der Waals surface area contributed by atoms with Gasteiger partial charge in [-0.15, -0.1) is 0 Å². The maximum Gasteiger partial charge on any atom is 0.338 e. The van der Waals surface area contributed by atoms with E-state index in [1.807, 2.05) is 43.9 Å². The molecule has 31 heavy (non-hydrogen) atoms. The van der Waals surface area contributed by atoms with Gasteiger partial charge in [0.05, 0.1) is 18.2 Å². The molecule has 1 aromatic carbocycles. The molecule has 1 atom stereocenters. The summed E-state index contributed by atoms with van der Waals surface area (Å²) < 4.78 is 12.5. The highest BCUT2D eigenvalue weighted by atomic mass is 16.5. The zero-order valence-electron chi connectivity index (χ0n) is 18.6. The van der Waals surface area contributed by atoms with Crippen LogP contribution < -0.4 is 0 Å². The Morgan fingerprint density at radius 3 is 2.48 bits per heavy atom. The van der Waals surface area contributed by atoms with E-state index in [4.69, 9.17) is 9.47 Å². The number of carbonyl (C=O) groups is 3. The Morgan fingerprint density at radius 1 is 1.16 bits per heavy atom. The number of ether oxygens (including phenoxy) is 2.